The maximum Gasteiger partial charge on any atom is 0.337 e. The van der Waals surface area contributed by atoms with Crippen LogP contribution < -0.4 is 10.9 Å². The van der Waals surface area contributed by atoms with Crippen molar-refractivity contribution in [2.45, 2.75) is 0 Å². The van der Waals surface area contributed by atoms with Gasteiger partial charge in [0, 0.05) is 18.0 Å². The molecule has 3 aromatic rings. The topological polar surface area (TPSA) is 88.4 Å². The van der Waals surface area contributed by atoms with Crippen molar-refractivity contribution in [1.82, 2.24) is 4.57 Å². The van der Waals surface area contributed by atoms with Gasteiger partial charge in [0.05, 0.1) is 16.8 Å². The van der Waals surface area contributed by atoms with Crippen LogP contribution in [0.1, 0.15) is 20.7 Å². The molecule has 0 radical (unpaired) electrons. The molecule has 0 saturated carbocycles. The maximum atomic E-state index is 13.1. The fraction of sp³-hybridized carbons (Fsp3) is 0. The monoisotopic (exact) mass is 352 g/mol. The molecule has 1 heterocycles. The summed E-state index contributed by atoms with van der Waals surface area (Å²) in [5, 5.41) is 11.7. The number of anilines is 1. The number of hydrogen-bond acceptors (Lipinski definition) is 3. The molecule has 0 aliphatic carbocycles. The third-order valence-corrected chi connectivity index (χ3v) is 3.68. The molecule has 0 bridgehead atoms. The molecule has 0 atom stereocenters. The summed E-state index contributed by atoms with van der Waals surface area (Å²) >= 11 is 0. The molecule has 0 saturated heterocycles. The molecule has 0 aliphatic heterocycles. The Morgan fingerprint density at radius 2 is 1.65 bits per heavy atom. The summed E-state index contributed by atoms with van der Waals surface area (Å²) in [4.78, 5) is 35.7. The summed E-state index contributed by atoms with van der Waals surface area (Å²) in [5.74, 6) is -2.19. The van der Waals surface area contributed by atoms with E-state index in [1.807, 2.05) is 0 Å². The number of carbonyl (C=O) groups excluding carboxylic acids is 1. The van der Waals surface area contributed by atoms with Crippen molar-refractivity contribution < 1.29 is 19.1 Å². The SMILES string of the molecule is O=C(Nc1ccccc1C(=O)O)c1ccc(=O)n(-c2ccc(F)cc2)c1. The van der Waals surface area contributed by atoms with E-state index in [1.165, 1.54) is 59.3 Å². The lowest BCUT2D eigenvalue weighted by Crippen LogP contribution is -2.21. The Bertz CT molecular complexity index is 1040. The number of para-hydroxylation sites is 1. The van der Waals surface area contributed by atoms with Gasteiger partial charge in [-0.3, -0.25) is 14.2 Å². The first-order valence-corrected chi connectivity index (χ1v) is 7.58. The van der Waals surface area contributed by atoms with E-state index in [9.17, 15) is 23.9 Å². The number of halogens is 1. The normalized spacial score (nSPS) is 10.3. The van der Waals surface area contributed by atoms with E-state index in [4.69, 9.17) is 0 Å². The van der Waals surface area contributed by atoms with Crippen LogP contribution in [0.3, 0.4) is 0 Å². The molecular weight excluding hydrogens is 339 g/mol. The van der Waals surface area contributed by atoms with Gasteiger partial charge in [-0.05, 0) is 42.5 Å². The van der Waals surface area contributed by atoms with Gasteiger partial charge >= 0.3 is 5.97 Å². The fourth-order valence-corrected chi connectivity index (χ4v) is 2.40. The zero-order valence-electron chi connectivity index (χ0n) is 13.3. The minimum absolute atomic E-state index is 0.0484. The third kappa shape index (κ3) is 3.51. The average Bonchev–Trinajstić information content (AvgIpc) is 2.63. The maximum absolute atomic E-state index is 13.1. The Morgan fingerprint density at radius 3 is 2.35 bits per heavy atom. The molecule has 1 aromatic heterocycles. The van der Waals surface area contributed by atoms with Gasteiger partial charge in [-0.1, -0.05) is 12.1 Å². The Morgan fingerprint density at radius 1 is 0.962 bits per heavy atom. The van der Waals surface area contributed by atoms with Gasteiger partial charge in [0.1, 0.15) is 5.82 Å². The minimum atomic E-state index is -1.17. The molecule has 2 aromatic carbocycles. The number of aromatic nitrogens is 1. The first kappa shape index (κ1) is 17.1. The highest BCUT2D eigenvalue weighted by Gasteiger charge is 2.14. The van der Waals surface area contributed by atoms with Crippen LogP contribution in [-0.2, 0) is 0 Å². The van der Waals surface area contributed by atoms with E-state index < -0.39 is 17.7 Å². The zero-order valence-corrected chi connectivity index (χ0v) is 13.3. The summed E-state index contributed by atoms with van der Waals surface area (Å²) in [5.41, 5.74) is 0.252. The van der Waals surface area contributed by atoms with Crippen molar-refractivity contribution in [3.05, 3.63) is 94.2 Å². The molecule has 7 heteroatoms. The molecule has 6 nitrogen and oxygen atoms in total. The lowest BCUT2D eigenvalue weighted by molar-refractivity contribution is 0.0698. The minimum Gasteiger partial charge on any atom is -0.478 e. The smallest absolute Gasteiger partial charge is 0.337 e. The number of hydrogen-bond donors (Lipinski definition) is 2. The number of amides is 1. The summed E-state index contributed by atoms with van der Waals surface area (Å²) < 4.78 is 14.3. The molecule has 130 valence electrons. The van der Waals surface area contributed by atoms with Crippen molar-refractivity contribution in [1.29, 1.82) is 0 Å². The van der Waals surface area contributed by atoms with Crippen LogP contribution in [0.4, 0.5) is 10.1 Å². The van der Waals surface area contributed by atoms with E-state index in [0.717, 1.165) is 0 Å². The number of nitrogens with one attached hydrogen (secondary N) is 1. The van der Waals surface area contributed by atoms with E-state index >= 15 is 0 Å². The largest absolute Gasteiger partial charge is 0.478 e. The molecule has 0 aliphatic rings. The third-order valence-electron chi connectivity index (χ3n) is 3.68. The van der Waals surface area contributed by atoms with Crippen LogP contribution in [0, 0.1) is 5.82 Å². The van der Waals surface area contributed by atoms with Crippen LogP contribution in [0.2, 0.25) is 0 Å². The van der Waals surface area contributed by atoms with Crippen LogP contribution in [0.25, 0.3) is 5.69 Å². The first-order chi connectivity index (χ1) is 12.5. The number of carboxylic acids is 1. The molecule has 0 unspecified atom stereocenters. The van der Waals surface area contributed by atoms with Gasteiger partial charge in [-0.2, -0.15) is 0 Å². The van der Waals surface area contributed by atoms with Gasteiger partial charge in [0.25, 0.3) is 11.5 Å². The second-order valence-electron chi connectivity index (χ2n) is 5.41. The highest BCUT2D eigenvalue weighted by atomic mass is 19.1. The predicted octanol–water partition coefficient (Wildman–Crippen LogP) is 2.93. The Labute approximate surface area is 147 Å². The first-order valence-electron chi connectivity index (χ1n) is 7.58. The molecule has 0 spiro atoms. The van der Waals surface area contributed by atoms with Crippen molar-refractivity contribution in [3.63, 3.8) is 0 Å². The number of nitrogens with zero attached hydrogens (tertiary/aromatic N) is 1. The van der Waals surface area contributed by atoms with Gasteiger partial charge in [0.15, 0.2) is 0 Å². The molecule has 0 fully saturated rings. The van der Waals surface area contributed by atoms with Crippen molar-refractivity contribution in [3.8, 4) is 5.69 Å². The Kier molecular flexibility index (Phi) is 4.62. The second-order valence-corrected chi connectivity index (χ2v) is 5.41. The van der Waals surface area contributed by atoms with Gasteiger partial charge < -0.3 is 10.4 Å². The average molecular weight is 352 g/mol. The number of benzene rings is 2. The summed E-state index contributed by atoms with van der Waals surface area (Å²) in [6, 6.07) is 13.8. The second kappa shape index (κ2) is 7.02. The van der Waals surface area contributed by atoms with Gasteiger partial charge in [-0.25, -0.2) is 9.18 Å². The van der Waals surface area contributed by atoms with Crippen molar-refractivity contribution in [2.24, 2.45) is 0 Å². The number of carbonyl (C=O) groups is 2. The predicted molar refractivity (Wildman–Crippen MR) is 93.4 cm³/mol. The number of carboxylic acid groups (broad SMARTS) is 1. The lowest BCUT2D eigenvalue weighted by Gasteiger charge is -2.10. The van der Waals surface area contributed by atoms with Crippen molar-refractivity contribution in [2.75, 3.05) is 5.32 Å². The fourth-order valence-electron chi connectivity index (χ4n) is 2.40. The quantitative estimate of drug-likeness (QED) is 0.756. The van der Waals surface area contributed by atoms with Crippen LogP contribution in [0.5, 0.6) is 0 Å². The summed E-state index contributed by atoms with van der Waals surface area (Å²) in [6.45, 7) is 0. The summed E-state index contributed by atoms with van der Waals surface area (Å²) in [6.07, 6.45) is 1.31. The van der Waals surface area contributed by atoms with Crippen molar-refractivity contribution >= 4 is 17.6 Å². The van der Waals surface area contributed by atoms with E-state index in [0.29, 0.717) is 5.69 Å². The van der Waals surface area contributed by atoms with E-state index in [2.05, 4.69) is 5.32 Å². The molecule has 26 heavy (non-hydrogen) atoms. The molecule has 1 amide bonds. The number of rotatable bonds is 4. The Hall–Kier alpha value is -3.74. The molecular formula is C19H13FN2O4. The highest BCUT2D eigenvalue weighted by molar-refractivity contribution is 6.07. The lowest BCUT2D eigenvalue weighted by atomic mass is 10.1. The van der Waals surface area contributed by atoms with Crippen LogP contribution in [-0.4, -0.2) is 21.6 Å². The summed E-state index contributed by atoms with van der Waals surface area (Å²) in [7, 11) is 0. The molecule has 2 N–H and O–H groups in total. The van der Waals surface area contributed by atoms with Gasteiger partial charge in [-0.15, -0.1) is 0 Å². The van der Waals surface area contributed by atoms with Crippen LogP contribution >= 0.6 is 0 Å². The molecule has 3 rings (SSSR count). The number of aromatic carboxylic acids is 1. The number of pyridine rings is 1. The van der Waals surface area contributed by atoms with E-state index in [-0.39, 0.29) is 22.4 Å². The Balaban J connectivity index is 1.94. The van der Waals surface area contributed by atoms with E-state index in [1.54, 1.807) is 12.1 Å². The van der Waals surface area contributed by atoms with Gasteiger partial charge in [0.2, 0.25) is 0 Å². The standard InChI is InChI=1S/C19H13FN2O4/c20-13-6-8-14(9-7-13)22-11-12(5-10-17(22)23)18(24)21-16-4-2-1-3-15(16)19(25)26/h1-11H,(H,21,24)(H,25,26). The van der Waals surface area contributed by atoms with Crippen LogP contribution in [0.15, 0.2) is 71.7 Å². The highest BCUT2D eigenvalue weighted by Crippen LogP contribution is 2.16. The zero-order chi connectivity index (χ0) is 18.7.